The molecule has 0 spiro atoms. The highest BCUT2D eigenvalue weighted by molar-refractivity contribution is 5.75. The van der Waals surface area contributed by atoms with Crippen LogP contribution in [0.15, 0.2) is 36.9 Å². The number of hydrogen-bond donors (Lipinski definition) is 0. The zero-order chi connectivity index (χ0) is 16.2. The molecule has 0 radical (unpaired) electrons. The van der Waals surface area contributed by atoms with Crippen LogP contribution in [0.3, 0.4) is 0 Å². The highest BCUT2D eigenvalue weighted by atomic mass is 19.4. The maximum Gasteiger partial charge on any atom is 0.416 e. The molecule has 22 heavy (non-hydrogen) atoms. The summed E-state index contributed by atoms with van der Waals surface area (Å²) >= 11 is 0. The van der Waals surface area contributed by atoms with E-state index in [1.165, 1.54) is 29.7 Å². The van der Waals surface area contributed by atoms with Crippen molar-refractivity contribution in [3.05, 3.63) is 48.0 Å². The number of rotatable bonds is 5. The van der Waals surface area contributed by atoms with Crippen LogP contribution in [0.1, 0.15) is 17.5 Å². The van der Waals surface area contributed by atoms with Gasteiger partial charge in [0, 0.05) is 20.0 Å². The van der Waals surface area contributed by atoms with E-state index in [2.05, 4.69) is 10.1 Å². The second-order valence-corrected chi connectivity index (χ2v) is 4.85. The fourth-order valence-corrected chi connectivity index (χ4v) is 1.91. The molecule has 5 nitrogen and oxygen atoms in total. The van der Waals surface area contributed by atoms with Crippen LogP contribution >= 0.6 is 0 Å². The number of benzene rings is 1. The molecule has 1 aromatic heterocycles. The van der Waals surface area contributed by atoms with Crippen molar-refractivity contribution in [2.45, 2.75) is 25.7 Å². The highest BCUT2D eigenvalue weighted by Gasteiger charge is 2.29. The lowest BCUT2D eigenvalue weighted by Gasteiger charge is -2.17. The van der Waals surface area contributed by atoms with Crippen molar-refractivity contribution >= 4 is 5.91 Å². The predicted octanol–water partition coefficient (Wildman–Crippen LogP) is 2.35. The Labute approximate surface area is 125 Å². The van der Waals surface area contributed by atoms with Gasteiger partial charge in [0.15, 0.2) is 0 Å². The number of aromatic nitrogens is 3. The van der Waals surface area contributed by atoms with Gasteiger partial charge in [-0.1, -0.05) is 12.1 Å². The fourth-order valence-electron chi connectivity index (χ4n) is 1.91. The van der Waals surface area contributed by atoms with Crippen molar-refractivity contribution in [3.8, 4) is 0 Å². The second-order valence-electron chi connectivity index (χ2n) is 4.85. The quantitative estimate of drug-likeness (QED) is 0.851. The van der Waals surface area contributed by atoms with Gasteiger partial charge in [0.05, 0.1) is 12.1 Å². The molecule has 118 valence electrons. The Hall–Kier alpha value is -2.38. The minimum absolute atomic E-state index is 0.115. The molecule has 2 aromatic rings. The summed E-state index contributed by atoms with van der Waals surface area (Å²) < 4.78 is 38.9. The molecular weight excluding hydrogens is 297 g/mol. The van der Waals surface area contributed by atoms with Gasteiger partial charge in [-0.2, -0.15) is 18.3 Å². The minimum atomic E-state index is -4.35. The van der Waals surface area contributed by atoms with Gasteiger partial charge < -0.3 is 4.90 Å². The number of carbonyl (C=O) groups excluding carboxylic acids is 1. The van der Waals surface area contributed by atoms with Crippen LogP contribution in [-0.2, 0) is 24.1 Å². The van der Waals surface area contributed by atoms with Crippen LogP contribution < -0.4 is 0 Å². The molecule has 0 aliphatic rings. The molecule has 0 saturated heterocycles. The molecule has 0 bridgehead atoms. The van der Waals surface area contributed by atoms with E-state index in [0.29, 0.717) is 12.1 Å². The first-order chi connectivity index (χ1) is 10.4. The zero-order valence-electron chi connectivity index (χ0n) is 11.9. The van der Waals surface area contributed by atoms with Gasteiger partial charge in [-0.3, -0.25) is 9.48 Å². The fraction of sp³-hybridized carbons (Fsp3) is 0.357. The van der Waals surface area contributed by atoms with Gasteiger partial charge in [0.1, 0.15) is 12.7 Å². The molecule has 8 heteroatoms. The predicted molar refractivity (Wildman–Crippen MR) is 72.6 cm³/mol. The largest absolute Gasteiger partial charge is 0.416 e. The molecule has 0 aliphatic heterocycles. The third-order valence-corrected chi connectivity index (χ3v) is 3.15. The van der Waals surface area contributed by atoms with E-state index >= 15 is 0 Å². The summed E-state index contributed by atoms with van der Waals surface area (Å²) in [6.45, 7) is 0.671. The monoisotopic (exact) mass is 312 g/mol. The molecule has 0 N–H and O–H groups in total. The average molecular weight is 312 g/mol. The van der Waals surface area contributed by atoms with Gasteiger partial charge >= 0.3 is 6.18 Å². The van der Waals surface area contributed by atoms with Crippen LogP contribution in [0.4, 0.5) is 13.2 Å². The van der Waals surface area contributed by atoms with Gasteiger partial charge in [0.2, 0.25) is 5.91 Å². The van der Waals surface area contributed by atoms with Gasteiger partial charge in [-0.05, 0) is 17.7 Å². The Morgan fingerprint density at radius 2 is 1.95 bits per heavy atom. The Balaban J connectivity index is 1.88. The first-order valence-corrected chi connectivity index (χ1v) is 6.59. The molecule has 2 rings (SSSR count). The van der Waals surface area contributed by atoms with Crippen molar-refractivity contribution in [1.82, 2.24) is 19.7 Å². The van der Waals surface area contributed by atoms with Crippen LogP contribution in [0, 0.1) is 0 Å². The number of hydrogen-bond acceptors (Lipinski definition) is 3. The summed E-state index contributed by atoms with van der Waals surface area (Å²) in [6, 6.07) is 4.79. The molecule has 0 aliphatic carbocycles. The average Bonchev–Trinajstić information content (AvgIpc) is 2.97. The van der Waals surface area contributed by atoms with Crippen molar-refractivity contribution in [2.75, 3.05) is 7.05 Å². The van der Waals surface area contributed by atoms with Crippen LogP contribution in [0.5, 0.6) is 0 Å². The first-order valence-electron chi connectivity index (χ1n) is 6.59. The minimum Gasteiger partial charge on any atom is -0.341 e. The van der Waals surface area contributed by atoms with Gasteiger partial charge in [-0.15, -0.1) is 0 Å². The molecule has 0 saturated carbocycles. The lowest BCUT2D eigenvalue weighted by molar-refractivity contribution is -0.137. The molecule has 0 unspecified atom stereocenters. The van der Waals surface area contributed by atoms with Crippen molar-refractivity contribution in [3.63, 3.8) is 0 Å². The van der Waals surface area contributed by atoms with Crippen molar-refractivity contribution in [1.29, 1.82) is 0 Å². The van der Waals surface area contributed by atoms with Gasteiger partial charge in [-0.25, -0.2) is 4.98 Å². The molecule has 1 heterocycles. The van der Waals surface area contributed by atoms with Crippen LogP contribution in [0.2, 0.25) is 0 Å². The Morgan fingerprint density at radius 3 is 2.50 bits per heavy atom. The summed E-state index contributed by atoms with van der Waals surface area (Å²) in [5.41, 5.74) is -0.0546. The van der Waals surface area contributed by atoms with E-state index in [1.54, 1.807) is 11.7 Å². The first kappa shape index (κ1) is 16.0. The van der Waals surface area contributed by atoms with E-state index < -0.39 is 11.7 Å². The lowest BCUT2D eigenvalue weighted by Crippen LogP contribution is -2.27. The Morgan fingerprint density at radius 1 is 1.27 bits per heavy atom. The van der Waals surface area contributed by atoms with E-state index in [1.807, 2.05) is 0 Å². The summed E-state index contributed by atoms with van der Waals surface area (Å²) in [5.74, 6) is -0.115. The maximum absolute atomic E-state index is 12.5. The van der Waals surface area contributed by atoms with Crippen LogP contribution in [0.25, 0.3) is 0 Å². The summed E-state index contributed by atoms with van der Waals surface area (Å²) in [6.07, 6.45) is -1.20. The number of amides is 1. The Kier molecular flexibility index (Phi) is 4.79. The van der Waals surface area contributed by atoms with Gasteiger partial charge in [0.25, 0.3) is 0 Å². The summed E-state index contributed by atoms with van der Waals surface area (Å²) in [5, 5.41) is 3.89. The molecule has 1 amide bonds. The van der Waals surface area contributed by atoms with E-state index in [0.717, 1.165) is 12.1 Å². The normalized spacial score (nSPS) is 11.5. The van der Waals surface area contributed by atoms with E-state index in [4.69, 9.17) is 0 Å². The zero-order valence-corrected chi connectivity index (χ0v) is 11.9. The molecule has 1 aromatic carbocycles. The number of aryl methyl sites for hydroxylation is 1. The SMILES string of the molecule is CN(Cc1ccc(C(F)(F)F)cc1)C(=O)CCn1cncn1. The summed E-state index contributed by atoms with van der Waals surface area (Å²) in [7, 11) is 1.61. The second kappa shape index (κ2) is 6.59. The maximum atomic E-state index is 12.5. The third-order valence-electron chi connectivity index (χ3n) is 3.15. The number of carbonyl (C=O) groups is 1. The highest BCUT2D eigenvalue weighted by Crippen LogP contribution is 2.29. The van der Waals surface area contributed by atoms with Crippen molar-refractivity contribution < 1.29 is 18.0 Å². The molecular formula is C14H15F3N4O. The lowest BCUT2D eigenvalue weighted by atomic mass is 10.1. The molecule has 0 atom stereocenters. The molecule has 0 fully saturated rings. The topological polar surface area (TPSA) is 51.0 Å². The smallest absolute Gasteiger partial charge is 0.341 e. The number of nitrogens with zero attached hydrogens (tertiary/aromatic N) is 4. The van der Waals surface area contributed by atoms with E-state index in [9.17, 15) is 18.0 Å². The van der Waals surface area contributed by atoms with Crippen LogP contribution in [-0.4, -0.2) is 32.6 Å². The Bertz CT molecular complexity index is 608. The number of alkyl halides is 3. The standard InChI is InChI=1S/C14H15F3N4O/c1-20(13(22)6-7-21-10-18-9-19-21)8-11-2-4-12(5-3-11)14(15,16)17/h2-5,9-10H,6-8H2,1H3. The number of halogens is 3. The van der Waals surface area contributed by atoms with Crippen molar-refractivity contribution in [2.24, 2.45) is 0 Å². The third kappa shape index (κ3) is 4.31. The summed E-state index contributed by atoms with van der Waals surface area (Å²) in [4.78, 5) is 17.2. The van der Waals surface area contributed by atoms with E-state index in [-0.39, 0.29) is 18.9 Å².